The molecule has 0 N–H and O–H groups in total. The van der Waals surface area contributed by atoms with Crippen molar-refractivity contribution in [2.75, 3.05) is 0 Å². The zero-order valence-corrected chi connectivity index (χ0v) is 13.3. The molecule has 2 nitrogen and oxygen atoms in total. The fraction of sp³-hybridized carbons (Fsp3) is 0. The van der Waals surface area contributed by atoms with Gasteiger partial charge in [-0.25, -0.2) is 0 Å². The van der Waals surface area contributed by atoms with Crippen LogP contribution in [0.5, 0.6) is 0 Å². The topological polar surface area (TPSA) is 30.2 Å². The second-order valence-electron chi connectivity index (χ2n) is 4.78. The first-order valence-electron chi connectivity index (χ1n) is 6.85. The lowest BCUT2D eigenvalue weighted by Gasteiger charge is -1.97. The molecule has 2 aromatic carbocycles. The smallest absolute Gasteiger partial charge is 0.193 e. The molecule has 1 aromatic heterocycles. The van der Waals surface area contributed by atoms with Gasteiger partial charge in [-0.05, 0) is 35.9 Å². The van der Waals surface area contributed by atoms with E-state index in [1.54, 1.807) is 18.2 Å². The van der Waals surface area contributed by atoms with Gasteiger partial charge >= 0.3 is 0 Å². The molecule has 3 rings (SSSR count). The molecular weight excluding hydrogens is 340 g/mol. The van der Waals surface area contributed by atoms with Gasteiger partial charge < -0.3 is 4.42 Å². The van der Waals surface area contributed by atoms with Gasteiger partial charge in [-0.3, -0.25) is 4.79 Å². The molecule has 1 heterocycles. The van der Waals surface area contributed by atoms with Gasteiger partial charge in [0.2, 0.25) is 0 Å². The predicted octanol–water partition coefficient (Wildman–Crippen LogP) is 5.28. The van der Waals surface area contributed by atoms with Crippen molar-refractivity contribution in [1.82, 2.24) is 0 Å². The van der Waals surface area contributed by atoms with Crippen molar-refractivity contribution in [1.29, 1.82) is 0 Å². The molecule has 0 aliphatic carbocycles. The molecule has 3 aromatic rings. The third-order valence-corrected chi connectivity index (χ3v) is 3.71. The first kappa shape index (κ1) is 14.5. The molecule has 0 saturated heterocycles. The average molecular weight is 353 g/mol. The minimum Gasteiger partial charge on any atom is -0.456 e. The molecule has 108 valence electrons. The van der Waals surface area contributed by atoms with Crippen LogP contribution in [0.1, 0.15) is 11.3 Å². The van der Waals surface area contributed by atoms with E-state index in [9.17, 15) is 4.79 Å². The van der Waals surface area contributed by atoms with Crippen LogP contribution in [0.4, 0.5) is 0 Å². The van der Waals surface area contributed by atoms with E-state index in [1.807, 2.05) is 54.6 Å². The Morgan fingerprint density at radius 2 is 1.64 bits per heavy atom. The first-order valence-corrected chi connectivity index (χ1v) is 7.65. The van der Waals surface area contributed by atoms with Gasteiger partial charge in [0.25, 0.3) is 0 Å². The molecule has 0 unspecified atom stereocenters. The predicted molar refractivity (Wildman–Crippen MR) is 94.7 cm³/mol. The van der Waals surface area contributed by atoms with Gasteiger partial charge in [-0.2, -0.15) is 0 Å². The van der Waals surface area contributed by atoms with Crippen molar-refractivity contribution in [2.24, 2.45) is 0 Å². The molecule has 0 aliphatic rings. The van der Waals surface area contributed by atoms with E-state index < -0.39 is 0 Å². The second kappa shape index (κ2) is 6.58. The van der Waals surface area contributed by atoms with Crippen molar-refractivity contribution < 1.29 is 4.42 Å². The Balaban J connectivity index is 1.80. The van der Waals surface area contributed by atoms with Crippen LogP contribution >= 0.6 is 15.9 Å². The number of benzene rings is 2. The lowest BCUT2D eigenvalue weighted by Crippen LogP contribution is -1.99. The number of fused-ring (bicyclic) bond motifs is 1. The quantitative estimate of drug-likeness (QED) is 0.600. The van der Waals surface area contributed by atoms with Crippen LogP contribution in [0.25, 0.3) is 23.1 Å². The number of hydrogen-bond acceptors (Lipinski definition) is 2. The highest BCUT2D eigenvalue weighted by Gasteiger charge is 2.00. The lowest BCUT2D eigenvalue weighted by atomic mass is 10.2. The largest absolute Gasteiger partial charge is 0.456 e. The lowest BCUT2D eigenvalue weighted by molar-refractivity contribution is 0.591. The molecular formula is C19H13BrO2. The molecule has 0 aliphatic heterocycles. The van der Waals surface area contributed by atoms with E-state index in [4.69, 9.17) is 4.42 Å². The molecule has 22 heavy (non-hydrogen) atoms. The third-order valence-electron chi connectivity index (χ3n) is 3.18. The Labute approximate surface area is 136 Å². The van der Waals surface area contributed by atoms with E-state index in [1.165, 1.54) is 6.07 Å². The zero-order valence-electron chi connectivity index (χ0n) is 11.7. The van der Waals surface area contributed by atoms with Gasteiger partial charge in [-0.1, -0.05) is 58.4 Å². The van der Waals surface area contributed by atoms with Crippen molar-refractivity contribution >= 4 is 39.1 Å². The fourth-order valence-electron chi connectivity index (χ4n) is 2.10. The monoisotopic (exact) mass is 352 g/mol. The summed E-state index contributed by atoms with van der Waals surface area (Å²) in [6.07, 6.45) is 7.54. The molecule has 0 bridgehead atoms. The maximum atomic E-state index is 12.0. The Morgan fingerprint density at radius 3 is 2.45 bits per heavy atom. The maximum Gasteiger partial charge on any atom is 0.193 e. The Kier molecular flexibility index (Phi) is 4.35. The van der Waals surface area contributed by atoms with Gasteiger partial charge in [0.05, 0.1) is 5.39 Å². The highest BCUT2D eigenvalue weighted by atomic mass is 79.9. The summed E-state index contributed by atoms with van der Waals surface area (Å²) in [6.45, 7) is 0. The minimum absolute atomic E-state index is 0.0293. The van der Waals surface area contributed by atoms with Crippen LogP contribution < -0.4 is 5.43 Å². The fourth-order valence-corrected chi connectivity index (χ4v) is 2.36. The van der Waals surface area contributed by atoms with E-state index in [0.717, 1.165) is 10.0 Å². The summed E-state index contributed by atoms with van der Waals surface area (Å²) in [4.78, 5) is 12.0. The maximum absolute atomic E-state index is 12.0. The van der Waals surface area contributed by atoms with Gasteiger partial charge in [0.15, 0.2) is 5.43 Å². The Hall–Kier alpha value is -2.39. The van der Waals surface area contributed by atoms with Gasteiger partial charge in [0.1, 0.15) is 11.3 Å². The highest BCUT2D eigenvalue weighted by Crippen LogP contribution is 2.13. The molecule has 0 radical (unpaired) electrons. The van der Waals surface area contributed by atoms with E-state index in [-0.39, 0.29) is 5.43 Å². The Morgan fingerprint density at radius 1 is 0.909 bits per heavy atom. The molecule has 0 saturated carbocycles. The standard InChI is InChI=1S/C19H13BrO2/c20-15-11-9-14(10-12-15)5-1-2-6-16-13-18(21)17-7-3-4-8-19(17)22-16/h1-13H/b5-1+,6-2+. The van der Waals surface area contributed by atoms with E-state index in [2.05, 4.69) is 15.9 Å². The summed E-state index contributed by atoms with van der Waals surface area (Å²) in [6, 6.07) is 16.8. The van der Waals surface area contributed by atoms with Crippen LogP contribution in [0.15, 0.2) is 80.4 Å². The molecule has 0 atom stereocenters. The number of allylic oxidation sites excluding steroid dienone is 2. The average Bonchev–Trinajstić information content (AvgIpc) is 2.53. The van der Waals surface area contributed by atoms with Gasteiger partial charge in [0, 0.05) is 10.5 Å². The number of hydrogen-bond donors (Lipinski definition) is 0. The second-order valence-corrected chi connectivity index (χ2v) is 5.69. The zero-order chi connectivity index (χ0) is 15.4. The van der Waals surface area contributed by atoms with Crippen molar-refractivity contribution in [3.63, 3.8) is 0 Å². The molecule has 3 heteroatoms. The highest BCUT2D eigenvalue weighted by molar-refractivity contribution is 9.10. The van der Waals surface area contributed by atoms with E-state index in [0.29, 0.717) is 16.7 Å². The molecule has 0 fully saturated rings. The summed E-state index contributed by atoms with van der Waals surface area (Å²) >= 11 is 3.40. The first-order chi connectivity index (χ1) is 10.7. The summed E-state index contributed by atoms with van der Waals surface area (Å²) in [5.41, 5.74) is 1.68. The van der Waals surface area contributed by atoms with Crippen molar-refractivity contribution in [3.8, 4) is 0 Å². The normalized spacial score (nSPS) is 11.7. The third kappa shape index (κ3) is 3.43. The van der Waals surface area contributed by atoms with Crippen LogP contribution in [0, 0.1) is 0 Å². The van der Waals surface area contributed by atoms with Crippen molar-refractivity contribution in [3.05, 3.63) is 92.8 Å². The Bertz CT molecular complexity index is 903. The minimum atomic E-state index is -0.0293. The van der Waals surface area contributed by atoms with Gasteiger partial charge in [-0.15, -0.1) is 0 Å². The van der Waals surface area contributed by atoms with Crippen LogP contribution in [0.2, 0.25) is 0 Å². The molecule has 0 amide bonds. The molecule has 0 spiro atoms. The SMILES string of the molecule is O=c1cc(/C=C/C=C/c2ccc(Br)cc2)oc2ccccc12. The number of halogens is 1. The van der Waals surface area contributed by atoms with Crippen LogP contribution in [-0.2, 0) is 0 Å². The van der Waals surface area contributed by atoms with Crippen molar-refractivity contribution in [2.45, 2.75) is 0 Å². The van der Waals surface area contributed by atoms with Crippen LogP contribution in [0.3, 0.4) is 0 Å². The number of para-hydroxylation sites is 1. The summed E-state index contributed by atoms with van der Waals surface area (Å²) < 4.78 is 6.74. The summed E-state index contributed by atoms with van der Waals surface area (Å²) in [5, 5.41) is 0.602. The summed E-state index contributed by atoms with van der Waals surface area (Å²) in [5.74, 6) is 0.546. The number of rotatable bonds is 3. The van der Waals surface area contributed by atoms with Crippen LogP contribution in [-0.4, -0.2) is 0 Å². The summed E-state index contributed by atoms with van der Waals surface area (Å²) in [7, 11) is 0. The van der Waals surface area contributed by atoms with E-state index >= 15 is 0 Å².